The Kier molecular flexibility index (Phi) is 4.02. The van der Waals surface area contributed by atoms with Crippen molar-refractivity contribution in [3.05, 3.63) is 33.3 Å². The van der Waals surface area contributed by atoms with Gasteiger partial charge in [0.25, 0.3) is 5.24 Å². The van der Waals surface area contributed by atoms with Crippen molar-refractivity contribution in [2.24, 2.45) is 0 Å². The number of rotatable bonds is 1. The van der Waals surface area contributed by atoms with Crippen LogP contribution in [-0.4, -0.2) is 5.24 Å². The maximum Gasteiger partial charge on any atom is 0.418 e. The molecule has 0 aliphatic rings. The molecule has 0 aliphatic carbocycles. The molecule has 18 heavy (non-hydrogen) atoms. The highest BCUT2D eigenvalue weighted by molar-refractivity contribution is 9.10. The van der Waals surface area contributed by atoms with Crippen molar-refractivity contribution in [3.8, 4) is 0 Å². The zero-order valence-electron chi connectivity index (χ0n) is 8.09. The standard InChI is InChI=1S/C9H2BrClF6O/c10-5-2-3(7(11)18)1-4(8(12,13)14)6(5)9(15,16)17/h1-2H. The van der Waals surface area contributed by atoms with Gasteiger partial charge in [-0.1, -0.05) is 15.9 Å². The second-order valence-electron chi connectivity index (χ2n) is 3.15. The third-order valence-corrected chi connectivity index (χ3v) is 2.75. The van der Waals surface area contributed by atoms with E-state index in [1.165, 1.54) is 0 Å². The second kappa shape index (κ2) is 4.73. The van der Waals surface area contributed by atoms with Gasteiger partial charge in [0.2, 0.25) is 0 Å². The number of hydrogen-bond donors (Lipinski definition) is 0. The van der Waals surface area contributed by atoms with Crippen LogP contribution in [-0.2, 0) is 12.4 Å². The number of carbonyl (C=O) groups excluding carboxylic acids is 1. The van der Waals surface area contributed by atoms with E-state index in [4.69, 9.17) is 11.6 Å². The molecule has 0 spiro atoms. The molecular weight excluding hydrogens is 353 g/mol. The molecule has 1 aromatic carbocycles. The molecule has 0 N–H and O–H groups in total. The van der Waals surface area contributed by atoms with Crippen LogP contribution in [0.25, 0.3) is 0 Å². The minimum absolute atomic E-state index is 0.0723. The van der Waals surface area contributed by atoms with Gasteiger partial charge in [-0.2, -0.15) is 26.3 Å². The van der Waals surface area contributed by atoms with Gasteiger partial charge in [-0.3, -0.25) is 4.79 Å². The summed E-state index contributed by atoms with van der Waals surface area (Å²) in [5.74, 6) is 0. The SMILES string of the molecule is O=C(Cl)c1cc(Br)c(C(F)(F)F)c(C(F)(F)F)c1. The first-order chi connectivity index (χ1) is 7.94. The molecule has 100 valence electrons. The lowest BCUT2D eigenvalue weighted by atomic mass is 10.0. The zero-order valence-corrected chi connectivity index (χ0v) is 10.4. The third kappa shape index (κ3) is 3.17. The molecule has 1 rings (SSSR count). The van der Waals surface area contributed by atoms with Crippen molar-refractivity contribution in [2.45, 2.75) is 12.4 Å². The molecule has 0 saturated heterocycles. The summed E-state index contributed by atoms with van der Waals surface area (Å²) in [5, 5.41) is -1.28. The summed E-state index contributed by atoms with van der Waals surface area (Å²) < 4.78 is 74.3. The summed E-state index contributed by atoms with van der Waals surface area (Å²) in [6.45, 7) is 0. The molecule has 0 aliphatic heterocycles. The zero-order chi connectivity index (χ0) is 14.3. The van der Waals surface area contributed by atoms with E-state index in [0.717, 1.165) is 0 Å². The van der Waals surface area contributed by atoms with Gasteiger partial charge in [0.05, 0.1) is 11.1 Å². The Bertz CT molecular complexity index is 493. The number of hydrogen-bond acceptors (Lipinski definition) is 1. The van der Waals surface area contributed by atoms with Gasteiger partial charge in [-0.05, 0) is 23.7 Å². The Labute approximate surface area is 110 Å². The van der Waals surface area contributed by atoms with Crippen molar-refractivity contribution in [1.82, 2.24) is 0 Å². The molecule has 9 heteroatoms. The average Bonchev–Trinajstić information content (AvgIpc) is 2.12. The third-order valence-electron chi connectivity index (χ3n) is 1.91. The number of carbonyl (C=O) groups is 1. The first-order valence-electron chi connectivity index (χ1n) is 4.12. The van der Waals surface area contributed by atoms with E-state index >= 15 is 0 Å². The first kappa shape index (κ1) is 15.3. The summed E-state index contributed by atoms with van der Waals surface area (Å²) in [7, 11) is 0. The van der Waals surface area contributed by atoms with Gasteiger partial charge >= 0.3 is 12.4 Å². The molecule has 0 amide bonds. The highest BCUT2D eigenvalue weighted by Crippen LogP contribution is 2.44. The van der Waals surface area contributed by atoms with Crippen LogP contribution in [0.4, 0.5) is 26.3 Å². The number of alkyl halides is 6. The van der Waals surface area contributed by atoms with Crippen molar-refractivity contribution in [1.29, 1.82) is 0 Å². The van der Waals surface area contributed by atoms with Crippen molar-refractivity contribution >= 4 is 32.8 Å². The fourth-order valence-electron chi connectivity index (χ4n) is 1.23. The normalized spacial score (nSPS) is 12.7. The number of benzene rings is 1. The minimum Gasteiger partial charge on any atom is -0.276 e. The average molecular weight is 355 g/mol. The summed E-state index contributed by atoms with van der Waals surface area (Å²) >= 11 is 7.32. The Morgan fingerprint density at radius 2 is 1.56 bits per heavy atom. The Morgan fingerprint density at radius 1 is 1.06 bits per heavy atom. The topological polar surface area (TPSA) is 17.1 Å². The van der Waals surface area contributed by atoms with Crippen LogP contribution in [0.5, 0.6) is 0 Å². The predicted octanol–water partition coefficient (Wildman–Crippen LogP) is 4.87. The maximum atomic E-state index is 12.5. The molecule has 0 atom stereocenters. The molecule has 0 aromatic heterocycles. The molecule has 1 aromatic rings. The van der Waals surface area contributed by atoms with E-state index in [0.29, 0.717) is 6.07 Å². The lowest BCUT2D eigenvalue weighted by molar-refractivity contribution is -0.162. The van der Waals surface area contributed by atoms with Gasteiger partial charge in [0.15, 0.2) is 0 Å². The van der Waals surface area contributed by atoms with Crippen molar-refractivity contribution < 1.29 is 31.1 Å². The molecule has 1 nitrogen and oxygen atoms in total. The van der Waals surface area contributed by atoms with Crippen LogP contribution in [0.2, 0.25) is 0 Å². The lowest BCUT2D eigenvalue weighted by Crippen LogP contribution is -2.18. The van der Waals surface area contributed by atoms with E-state index in [-0.39, 0.29) is 6.07 Å². The molecular formula is C9H2BrClF6O. The van der Waals surface area contributed by atoms with Crippen LogP contribution in [0.3, 0.4) is 0 Å². The minimum atomic E-state index is -5.25. The van der Waals surface area contributed by atoms with Crippen molar-refractivity contribution in [2.75, 3.05) is 0 Å². The molecule has 0 radical (unpaired) electrons. The monoisotopic (exact) mass is 354 g/mol. The number of halogens is 8. The lowest BCUT2D eigenvalue weighted by Gasteiger charge is -2.17. The van der Waals surface area contributed by atoms with Crippen LogP contribution in [0.1, 0.15) is 21.5 Å². The summed E-state index contributed by atoms with van der Waals surface area (Å²) in [6.07, 6.45) is -10.5. The molecule has 0 unspecified atom stereocenters. The largest absolute Gasteiger partial charge is 0.418 e. The van der Waals surface area contributed by atoms with Gasteiger partial charge < -0.3 is 0 Å². The summed E-state index contributed by atoms with van der Waals surface area (Å²) in [5.41, 5.74) is -4.53. The van der Waals surface area contributed by atoms with Crippen molar-refractivity contribution in [3.63, 3.8) is 0 Å². The van der Waals surface area contributed by atoms with E-state index in [1.54, 1.807) is 0 Å². The van der Waals surface area contributed by atoms with Gasteiger partial charge in [0.1, 0.15) is 0 Å². The molecule has 0 saturated carbocycles. The Balaban J connectivity index is 3.67. The van der Waals surface area contributed by atoms with Crippen LogP contribution >= 0.6 is 27.5 Å². The predicted molar refractivity (Wildman–Crippen MR) is 54.3 cm³/mol. The maximum absolute atomic E-state index is 12.5. The van der Waals surface area contributed by atoms with E-state index in [9.17, 15) is 31.1 Å². The van der Waals surface area contributed by atoms with Crippen LogP contribution in [0, 0.1) is 0 Å². The highest BCUT2D eigenvalue weighted by Gasteiger charge is 2.45. The Morgan fingerprint density at radius 3 is 1.89 bits per heavy atom. The Hall–Kier alpha value is -0.760. The van der Waals surface area contributed by atoms with Crippen LogP contribution in [0.15, 0.2) is 16.6 Å². The summed E-state index contributed by atoms with van der Waals surface area (Å²) in [6, 6.07) is 0.663. The first-order valence-corrected chi connectivity index (χ1v) is 5.29. The fourth-order valence-corrected chi connectivity index (χ4v) is 2.03. The second-order valence-corrected chi connectivity index (χ2v) is 4.35. The van der Waals surface area contributed by atoms with E-state index < -0.39 is 38.8 Å². The van der Waals surface area contributed by atoms with E-state index in [2.05, 4.69) is 15.9 Å². The highest BCUT2D eigenvalue weighted by atomic mass is 79.9. The van der Waals surface area contributed by atoms with Gasteiger partial charge in [-0.25, -0.2) is 0 Å². The van der Waals surface area contributed by atoms with Gasteiger partial charge in [-0.15, -0.1) is 0 Å². The fraction of sp³-hybridized carbons (Fsp3) is 0.222. The molecule has 0 heterocycles. The van der Waals surface area contributed by atoms with Gasteiger partial charge in [0, 0.05) is 10.0 Å². The van der Waals surface area contributed by atoms with Crippen LogP contribution < -0.4 is 0 Å². The quantitative estimate of drug-likeness (QED) is 0.519. The smallest absolute Gasteiger partial charge is 0.276 e. The summed E-state index contributed by atoms with van der Waals surface area (Å²) in [4.78, 5) is 10.7. The molecule has 0 fully saturated rings. The molecule has 0 bridgehead atoms. The van der Waals surface area contributed by atoms with E-state index in [1.807, 2.05) is 0 Å².